The minimum Gasteiger partial charge on any atom is -0.353 e. The van der Waals surface area contributed by atoms with Crippen LogP contribution in [0.4, 0.5) is 0 Å². The molecule has 0 aliphatic heterocycles. The average molecular weight is 541 g/mol. The normalized spacial score (nSPS) is 48.5. The molecule has 4 fully saturated rings. The Labute approximate surface area is 235 Å². The van der Waals surface area contributed by atoms with E-state index < -0.39 is 5.41 Å². The van der Waals surface area contributed by atoms with Gasteiger partial charge in [-0.05, 0) is 103 Å². The molecule has 2 amide bonds. The molecular formula is C33H52N2O4. The van der Waals surface area contributed by atoms with Crippen molar-refractivity contribution < 1.29 is 19.6 Å². The van der Waals surface area contributed by atoms with Crippen LogP contribution in [0.5, 0.6) is 0 Å². The summed E-state index contributed by atoms with van der Waals surface area (Å²) in [6, 6.07) is 0.135. The van der Waals surface area contributed by atoms with Gasteiger partial charge in [0.2, 0.25) is 5.91 Å². The topological polar surface area (TPSA) is 86.7 Å². The lowest BCUT2D eigenvalue weighted by Crippen LogP contribution is -2.67. The summed E-state index contributed by atoms with van der Waals surface area (Å²) in [5.74, 6) is 0.586. The highest BCUT2D eigenvalue weighted by Crippen LogP contribution is 2.75. The third-order valence-corrected chi connectivity index (χ3v) is 13.8. The third kappa shape index (κ3) is 3.78. The summed E-state index contributed by atoms with van der Waals surface area (Å²) >= 11 is 0. The average Bonchev–Trinajstić information content (AvgIpc) is 2.82. The second kappa shape index (κ2) is 8.66. The number of hydroxylamine groups is 2. The zero-order valence-electron chi connectivity index (χ0n) is 25.9. The van der Waals surface area contributed by atoms with E-state index in [1.54, 1.807) is 6.92 Å². The molecule has 0 spiro atoms. The van der Waals surface area contributed by atoms with Gasteiger partial charge in [0.15, 0.2) is 5.78 Å². The molecule has 0 radical (unpaired) electrons. The Morgan fingerprint density at radius 3 is 2.21 bits per heavy atom. The van der Waals surface area contributed by atoms with Crippen molar-refractivity contribution in [1.29, 1.82) is 0 Å². The highest BCUT2D eigenvalue weighted by molar-refractivity contribution is 5.95. The zero-order chi connectivity index (χ0) is 29.0. The van der Waals surface area contributed by atoms with Crippen LogP contribution >= 0.6 is 0 Å². The lowest BCUT2D eigenvalue weighted by molar-refractivity contribution is -0.191. The van der Waals surface area contributed by atoms with Crippen molar-refractivity contribution in [2.45, 2.75) is 119 Å². The van der Waals surface area contributed by atoms with E-state index >= 15 is 0 Å². The van der Waals surface area contributed by atoms with E-state index in [9.17, 15) is 19.6 Å². The molecule has 0 aromatic heterocycles. The lowest BCUT2D eigenvalue weighted by atomic mass is 9.33. The molecule has 2 N–H and O–H groups in total. The molecule has 5 aliphatic carbocycles. The van der Waals surface area contributed by atoms with Crippen molar-refractivity contribution in [1.82, 2.24) is 10.4 Å². The number of hydrogen-bond acceptors (Lipinski definition) is 4. The lowest BCUT2D eigenvalue weighted by Gasteiger charge is -2.70. The van der Waals surface area contributed by atoms with Gasteiger partial charge in [0, 0.05) is 31.3 Å². The SMILES string of the molecule is CC(=O)N[C@@H]1CC[C@@]2(C)C(CC[C@]3(C)[C@@H]2C(=O)C=C2[C@H]4C[C@@](C)(C(=O)N(C)O)CC[C@]4(C)CC[C@]23C)C1(C)C. The van der Waals surface area contributed by atoms with E-state index in [0.717, 1.165) is 56.4 Å². The number of hydrogen-bond donors (Lipinski definition) is 2. The van der Waals surface area contributed by atoms with Crippen LogP contribution in [0, 0.1) is 50.2 Å². The molecule has 0 aromatic carbocycles. The molecule has 6 heteroatoms. The van der Waals surface area contributed by atoms with Crippen molar-refractivity contribution in [2.75, 3.05) is 7.05 Å². The second-order valence-electron chi connectivity index (χ2n) is 16.2. The molecule has 9 atom stereocenters. The molecule has 6 nitrogen and oxygen atoms in total. The first-order valence-electron chi connectivity index (χ1n) is 15.4. The van der Waals surface area contributed by atoms with Gasteiger partial charge in [0.05, 0.1) is 0 Å². The van der Waals surface area contributed by atoms with Crippen LogP contribution in [-0.2, 0) is 14.4 Å². The maximum absolute atomic E-state index is 14.5. The molecule has 218 valence electrons. The fraction of sp³-hybridized carbons (Fsp3) is 0.848. The molecule has 4 saturated carbocycles. The van der Waals surface area contributed by atoms with E-state index in [-0.39, 0.29) is 62.6 Å². The summed E-state index contributed by atoms with van der Waals surface area (Å²) in [6.07, 6.45) is 10.6. The fourth-order valence-electron chi connectivity index (χ4n) is 11.3. The van der Waals surface area contributed by atoms with Crippen LogP contribution in [0.25, 0.3) is 0 Å². The summed E-state index contributed by atoms with van der Waals surface area (Å²) in [4.78, 5) is 39.6. The van der Waals surface area contributed by atoms with Gasteiger partial charge >= 0.3 is 0 Å². The number of allylic oxidation sites excluding steroid dienone is 2. The summed E-state index contributed by atoms with van der Waals surface area (Å²) in [5.41, 5.74) is 0.278. The van der Waals surface area contributed by atoms with E-state index in [1.807, 2.05) is 13.0 Å². The monoisotopic (exact) mass is 540 g/mol. The first kappa shape index (κ1) is 28.8. The molecule has 0 heterocycles. The predicted molar refractivity (Wildman–Crippen MR) is 152 cm³/mol. The van der Waals surface area contributed by atoms with Gasteiger partial charge in [0.25, 0.3) is 5.91 Å². The van der Waals surface area contributed by atoms with E-state index in [0.29, 0.717) is 12.3 Å². The van der Waals surface area contributed by atoms with Crippen LogP contribution in [0.1, 0.15) is 113 Å². The number of rotatable bonds is 2. The third-order valence-electron chi connectivity index (χ3n) is 13.8. The van der Waals surface area contributed by atoms with Gasteiger partial charge in [-0.2, -0.15) is 0 Å². The zero-order valence-corrected chi connectivity index (χ0v) is 25.9. The fourth-order valence-corrected chi connectivity index (χ4v) is 11.3. The summed E-state index contributed by atoms with van der Waals surface area (Å²) < 4.78 is 0. The van der Waals surface area contributed by atoms with Crippen LogP contribution in [0.2, 0.25) is 0 Å². The van der Waals surface area contributed by atoms with Crippen LogP contribution in [0.3, 0.4) is 0 Å². The van der Waals surface area contributed by atoms with Crippen molar-refractivity contribution in [3.63, 3.8) is 0 Å². The van der Waals surface area contributed by atoms with Crippen molar-refractivity contribution in [2.24, 2.45) is 50.2 Å². The van der Waals surface area contributed by atoms with Crippen molar-refractivity contribution in [3.05, 3.63) is 11.6 Å². The Morgan fingerprint density at radius 1 is 0.949 bits per heavy atom. The summed E-state index contributed by atoms with van der Waals surface area (Å²) in [6.45, 7) is 17.8. The standard InChI is InChI=1S/C33H52N2O4/c1-20(36)34-25-11-12-31(6)24(28(25,2)3)10-13-33(8)26(31)23(37)18-21-22-19-30(5,27(38)35(9)39)15-14-29(22,4)16-17-32(21,33)7/h18,22,24-26,39H,10-17,19H2,1-9H3,(H,34,36)/t22-,24?,25-,26-,29-,30+,31+,32-,33-/m1/s1. The highest BCUT2D eigenvalue weighted by Gasteiger charge is 2.70. The molecular weight excluding hydrogens is 488 g/mol. The molecule has 5 aliphatic rings. The Bertz CT molecular complexity index is 1130. The maximum Gasteiger partial charge on any atom is 0.251 e. The first-order chi connectivity index (χ1) is 17.9. The number of carbonyl (C=O) groups excluding carboxylic acids is 3. The number of nitrogens with one attached hydrogen (secondary N) is 1. The summed E-state index contributed by atoms with van der Waals surface area (Å²) in [5, 5.41) is 14.1. The van der Waals surface area contributed by atoms with Crippen molar-refractivity contribution in [3.8, 4) is 0 Å². The Hall–Kier alpha value is -1.69. The van der Waals surface area contributed by atoms with Gasteiger partial charge in [-0.25, -0.2) is 5.06 Å². The maximum atomic E-state index is 14.5. The van der Waals surface area contributed by atoms with Gasteiger partial charge in [-0.1, -0.05) is 54.0 Å². The molecule has 39 heavy (non-hydrogen) atoms. The molecule has 0 aromatic rings. The predicted octanol–water partition coefficient (Wildman–Crippen LogP) is 6.32. The Morgan fingerprint density at radius 2 is 1.59 bits per heavy atom. The van der Waals surface area contributed by atoms with Crippen LogP contribution in [-0.4, -0.2) is 41.0 Å². The smallest absolute Gasteiger partial charge is 0.251 e. The number of carbonyl (C=O) groups is 3. The van der Waals surface area contributed by atoms with E-state index in [1.165, 1.54) is 12.6 Å². The van der Waals surface area contributed by atoms with Crippen LogP contribution in [0.15, 0.2) is 11.6 Å². The number of nitrogens with zero attached hydrogens (tertiary/aromatic N) is 1. The minimum absolute atomic E-state index is 0.0294. The van der Waals surface area contributed by atoms with Gasteiger partial charge < -0.3 is 5.32 Å². The quantitative estimate of drug-likeness (QED) is 0.317. The first-order valence-corrected chi connectivity index (χ1v) is 15.4. The number of ketones is 1. The second-order valence-corrected chi connectivity index (χ2v) is 16.2. The van der Waals surface area contributed by atoms with Gasteiger partial charge in [-0.3, -0.25) is 19.6 Å². The Balaban J connectivity index is 1.57. The number of fused-ring (bicyclic) bond motifs is 7. The van der Waals surface area contributed by atoms with Gasteiger partial charge in [0.1, 0.15) is 0 Å². The largest absolute Gasteiger partial charge is 0.353 e. The minimum atomic E-state index is -0.622. The highest BCUT2D eigenvalue weighted by atomic mass is 16.5. The van der Waals surface area contributed by atoms with Crippen molar-refractivity contribution >= 4 is 17.6 Å². The molecule has 5 rings (SSSR count). The van der Waals surface area contributed by atoms with E-state index in [4.69, 9.17) is 0 Å². The van der Waals surface area contributed by atoms with Gasteiger partial charge in [-0.15, -0.1) is 0 Å². The summed E-state index contributed by atoms with van der Waals surface area (Å²) in [7, 11) is 1.43. The molecule has 0 saturated heterocycles. The number of amides is 2. The molecule has 1 unspecified atom stereocenters. The molecule has 0 bridgehead atoms. The Kier molecular flexibility index (Phi) is 6.40. The van der Waals surface area contributed by atoms with Crippen LogP contribution < -0.4 is 5.32 Å². The van der Waals surface area contributed by atoms with E-state index in [2.05, 4.69) is 46.9 Å².